The smallest absolute Gasteiger partial charge is 0.375 e. The van der Waals surface area contributed by atoms with Crippen LogP contribution in [0, 0.1) is 52.3 Å². The number of phosphoric ester groups is 1. The summed E-state index contributed by atoms with van der Waals surface area (Å²) in [5.74, 6) is 5.94. The van der Waals surface area contributed by atoms with E-state index >= 15 is 0 Å². The first-order valence-electron chi connectivity index (χ1n) is 17.8. The Hall–Kier alpha value is -0.230. The second-order valence-corrected chi connectivity index (χ2v) is 18.3. The second-order valence-electron chi connectivity index (χ2n) is 16.8. The summed E-state index contributed by atoms with van der Waals surface area (Å²) < 4.78 is 29.4. The van der Waals surface area contributed by atoms with Crippen molar-refractivity contribution in [1.29, 1.82) is 0 Å². The standard InChI is InChI=1S/C36H66NO5P/c1-10-28(26(2)3)12-11-27(4)32-15-16-33-31-14-13-29-25-30(17-19-35(29,5)34(31)18-20-36(32,33)6)40-23-24-42-43(38,39)41-22-21-37(7,8)9/h13,26-28,30-34H,10-12,14-25H2,1-9H3/p+1/t27-,28-,30+,31+,32-,33+,34+,35+,36-/m1/s1. The molecule has 4 aliphatic carbocycles. The Bertz CT molecular complexity index is 993. The van der Waals surface area contributed by atoms with Gasteiger partial charge in [-0.1, -0.05) is 66.0 Å². The molecule has 4 rings (SSSR count). The first-order valence-corrected chi connectivity index (χ1v) is 19.3. The highest BCUT2D eigenvalue weighted by atomic mass is 31.2. The fourth-order valence-corrected chi connectivity index (χ4v) is 11.0. The Morgan fingerprint density at radius 2 is 1.70 bits per heavy atom. The van der Waals surface area contributed by atoms with Gasteiger partial charge in [0, 0.05) is 0 Å². The van der Waals surface area contributed by atoms with Crippen LogP contribution in [0.2, 0.25) is 0 Å². The van der Waals surface area contributed by atoms with Gasteiger partial charge in [-0.25, -0.2) is 4.57 Å². The highest BCUT2D eigenvalue weighted by molar-refractivity contribution is 7.47. The molecule has 0 saturated heterocycles. The zero-order valence-electron chi connectivity index (χ0n) is 29.3. The Labute approximate surface area is 264 Å². The molecule has 0 aliphatic heterocycles. The van der Waals surface area contributed by atoms with Crippen LogP contribution >= 0.6 is 7.82 Å². The van der Waals surface area contributed by atoms with Crippen molar-refractivity contribution in [2.45, 2.75) is 118 Å². The predicted octanol–water partition coefficient (Wildman–Crippen LogP) is 8.89. The third-order valence-corrected chi connectivity index (χ3v) is 14.0. The molecule has 1 unspecified atom stereocenters. The molecular formula is C36H67NO5P+. The minimum absolute atomic E-state index is 0.0755. The molecular weight excluding hydrogens is 557 g/mol. The summed E-state index contributed by atoms with van der Waals surface area (Å²) in [7, 11) is 2.02. The lowest BCUT2D eigenvalue weighted by molar-refractivity contribution is -0.870. The zero-order chi connectivity index (χ0) is 31.6. The van der Waals surface area contributed by atoms with Crippen LogP contribution in [0.3, 0.4) is 0 Å². The lowest BCUT2D eigenvalue weighted by atomic mass is 9.47. The maximum Gasteiger partial charge on any atom is 0.472 e. The Balaban J connectivity index is 1.28. The van der Waals surface area contributed by atoms with Gasteiger partial charge in [-0.2, -0.15) is 0 Å². The summed E-state index contributed by atoms with van der Waals surface area (Å²) in [6.45, 7) is 16.3. The highest BCUT2D eigenvalue weighted by Gasteiger charge is 2.59. The summed E-state index contributed by atoms with van der Waals surface area (Å²) in [4.78, 5) is 9.99. The maximum absolute atomic E-state index is 12.2. The quantitative estimate of drug-likeness (QED) is 0.0853. The number of hydrogen-bond donors (Lipinski definition) is 1. The number of hydrogen-bond acceptors (Lipinski definition) is 4. The van der Waals surface area contributed by atoms with E-state index in [4.69, 9.17) is 13.8 Å². The highest BCUT2D eigenvalue weighted by Crippen LogP contribution is 2.67. The second kappa shape index (κ2) is 14.3. The maximum atomic E-state index is 12.2. The zero-order valence-corrected chi connectivity index (χ0v) is 30.2. The van der Waals surface area contributed by atoms with E-state index in [9.17, 15) is 9.46 Å². The summed E-state index contributed by atoms with van der Waals surface area (Å²) >= 11 is 0. The molecule has 6 nitrogen and oxygen atoms in total. The van der Waals surface area contributed by atoms with Crippen molar-refractivity contribution in [3.8, 4) is 0 Å². The number of quaternary nitrogens is 1. The number of rotatable bonds is 15. The topological polar surface area (TPSA) is 65.0 Å². The van der Waals surface area contributed by atoms with Crippen LogP contribution in [0.25, 0.3) is 0 Å². The van der Waals surface area contributed by atoms with Crippen molar-refractivity contribution in [2.75, 3.05) is 47.5 Å². The lowest BCUT2D eigenvalue weighted by Gasteiger charge is -2.58. The summed E-state index contributed by atoms with van der Waals surface area (Å²) in [5, 5.41) is 0. The number of fused-ring (bicyclic) bond motifs is 5. The number of likely N-dealkylation sites (N-methyl/N-ethyl adjacent to an activating group) is 1. The molecule has 0 heterocycles. The largest absolute Gasteiger partial charge is 0.472 e. The molecule has 0 spiro atoms. The SMILES string of the molecule is CC[C@H](CC[C@@H](C)[C@H]1CC[C@H]2[C@@H]3CC=C4C[C@@H](OCCOP(=O)(O)OCC[N+](C)(C)C)CC[C@]4(C)[C@H]3CC[C@]12C)C(C)C. The Kier molecular flexibility index (Phi) is 11.8. The Morgan fingerprint density at radius 3 is 2.37 bits per heavy atom. The molecule has 0 bridgehead atoms. The third kappa shape index (κ3) is 8.38. The average Bonchev–Trinajstić information content (AvgIpc) is 3.27. The molecule has 0 radical (unpaired) electrons. The van der Waals surface area contributed by atoms with Crippen molar-refractivity contribution in [2.24, 2.45) is 52.3 Å². The number of allylic oxidation sites excluding steroid dienone is 1. The van der Waals surface area contributed by atoms with Gasteiger partial charge in [-0.15, -0.1) is 0 Å². The van der Waals surface area contributed by atoms with E-state index in [1.807, 2.05) is 21.1 Å². The molecule has 43 heavy (non-hydrogen) atoms. The molecule has 3 fully saturated rings. The molecule has 7 heteroatoms. The van der Waals surface area contributed by atoms with Crippen LogP contribution in [0.1, 0.15) is 112 Å². The summed E-state index contributed by atoms with van der Waals surface area (Å²) in [6, 6.07) is 0. The van der Waals surface area contributed by atoms with E-state index in [1.165, 1.54) is 57.8 Å². The minimum Gasteiger partial charge on any atom is -0.375 e. The molecule has 0 aromatic heterocycles. The average molecular weight is 625 g/mol. The molecule has 250 valence electrons. The van der Waals surface area contributed by atoms with Gasteiger partial charge in [-0.05, 0) is 110 Å². The number of phosphoric acid groups is 1. The van der Waals surface area contributed by atoms with E-state index in [1.54, 1.807) is 5.57 Å². The third-order valence-electron chi connectivity index (χ3n) is 13.0. The van der Waals surface area contributed by atoms with Crippen molar-refractivity contribution in [3.63, 3.8) is 0 Å². The van der Waals surface area contributed by atoms with E-state index in [2.05, 4.69) is 47.6 Å². The molecule has 0 aromatic carbocycles. The van der Waals surface area contributed by atoms with Crippen LogP contribution in [0.4, 0.5) is 0 Å². The van der Waals surface area contributed by atoms with Gasteiger partial charge in [0.05, 0.1) is 40.5 Å². The van der Waals surface area contributed by atoms with Gasteiger partial charge in [0.25, 0.3) is 0 Å². The minimum atomic E-state index is -4.04. The lowest BCUT2D eigenvalue weighted by Crippen LogP contribution is -2.51. The fourth-order valence-electron chi connectivity index (χ4n) is 10.3. The van der Waals surface area contributed by atoms with Crippen LogP contribution in [-0.2, 0) is 18.3 Å². The van der Waals surface area contributed by atoms with E-state index < -0.39 is 7.82 Å². The van der Waals surface area contributed by atoms with Crippen molar-refractivity contribution in [1.82, 2.24) is 0 Å². The van der Waals surface area contributed by atoms with Crippen LogP contribution in [-0.4, -0.2) is 63.0 Å². The van der Waals surface area contributed by atoms with E-state index in [0.29, 0.717) is 28.5 Å². The van der Waals surface area contributed by atoms with Gasteiger partial charge >= 0.3 is 7.82 Å². The predicted molar refractivity (Wildman–Crippen MR) is 177 cm³/mol. The van der Waals surface area contributed by atoms with Gasteiger partial charge < -0.3 is 14.1 Å². The van der Waals surface area contributed by atoms with Gasteiger partial charge in [0.1, 0.15) is 13.2 Å². The molecule has 4 aliphatic rings. The van der Waals surface area contributed by atoms with Crippen molar-refractivity contribution < 1.29 is 27.7 Å². The van der Waals surface area contributed by atoms with Crippen LogP contribution in [0.5, 0.6) is 0 Å². The van der Waals surface area contributed by atoms with Crippen molar-refractivity contribution in [3.05, 3.63) is 11.6 Å². The van der Waals surface area contributed by atoms with Gasteiger partial charge in [-0.3, -0.25) is 9.05 Å². The molecule has 3 saturated carbocycles. The van der Waals surface area contributed by atoms with E-state index in [-0.39, 0.29) is 19.3 Å². The Morgan fingerprint density at radius 1 is 0.977 bits per heavy atom. The van der Waals surface area contributed by atoms with Gasteiger partial charge in [0.2, 0.25) is 0 Å². The van der Waals surface area contributed by atoms with Gasteiger partial charge in [0.15, 0.2) is 0 Å². The monoisotopic (exact) mass is 624 g/mol. The van der Waals surface area contributed by atoms with Crippen molar-refractivity contribution >= 4 is 7.82 Å². The summed E-state index contributed by atoms with van der Waals surface area (Å²) in [6.07, 6.45) is 17.1. The normalized spacial score (nSPS) is 37.2. The van der Waals surface area contributed by atoms with E-state index in [0.717, 1.165) is 54.3 Å². The molecule has 10 atom stereocenters. The fraction of sp³-hybridized carbons (Fsp3) is 0.944. The first-order chi connectivity index (χ1) is 20.1. The van der Waals surface area contributed by atoms with Crippen LogP contribution in [0.15, 0.2) is 11.6 Å². The number of nitrogens with zero attached hydrogens (tertiary/aromatic N) is 1. The van der Waals surface area contributed by atoms with Crippen LogP contribution < -0.4 is 0 Å². The molecule has 0 amide bonds. The molecule has 1 N–H and O–H groups in total. The first kappa shape index (κ1) is 35.6. The summed E-state index contributed by atoms with van der Waals surface area (Å²) in [5.41, 5.74) is 2.44. The molecule has 0 aromatic rings. The number of ether oxygens (including phenoxy) is 1.